The molecule has 0 aliphatic rings. The summed E-state index contributed by atoms with van der Waals surface area (Å²) < 4.78 is 37.3. The minimum atomic E-state index is -4.36. The van der Waals surface area contributed by atoms with Crippen molar-refractivity contribution in [1.82, 2.24) is 4.98 Å². The van der Waals surface area contributed by atoms with E-state index < -0.39 is 17.8 Å². The Morgan fingerprint density at radius 2 is 1.84 bits per heavy atom. The van der Waals surface area contributed by atoms with Gasteiger partial charge in [0, 0.05) is 5.56 Å². The van der Waals surface area contributed by atoms with Gasteiger partial charge in [-0.1, -0.05) is 23.7 Å². The van der Waals surface area contributed by atoms with Crippen LogP contribution in [0.2, 0.25) is 5.15 Å². The highest BCUT2D eigenvalue weighted by Crippen LogP contribution is 2.36. The van der Waals surface area contributed by atoms with Crippen LogP contribution in [0.15, 0.2) is 24.3 Å². The highest BCUT2D eigenvalue weighted by atomic mass is 35.5. The molecule has 1 aromatic carbocycles. The first-order valence-corrected chi connectivity index (χ1v) is 6.50. The second-order valence-electron chi connectivity index (χ2n) is 3.93. The highest BCUT2D eigenvalue weighted by Gasteiger charge is 2.30. The van der Waals surface area contributed by atoms with Crippen molar-refractivity contribution < 1.29 is 18.3 Å². The van der Waals surface area contributed by atoms with Crippen LogP contribution in [0.4, 0.5) is 13.2 Å². The number of rotatable bonds is 2. The molecular formula is C12H9ClF3NOS. The first kappa shape index (κ1) is 14.3. The van der Waals surface area contributed by atoms with Gasteiger partial charge in [0.15, 0.2) is 0 Å². The van der Waals surface area contributed by atoms with E-state index in [1.807, 2.05) is 0 Å². The molecule has 0 aliphatic carbocycles. The van der Waals surface area contributed by atoms with Crippen LogP contribution < -0.4 is 0 Å². The number of benzene rings is 1. The van der Waals surface area contributed by atoms with E-state index in [4.69, 9.17) is 11.6 Å². The van der Waals surface area contributed by atoms with Crippen LogP contribution in [0.1, 0.15) is 23.5 Å². The van der Waals surface area contributed by atoms with E-state index in [-0.39, 0.29) is 5.15 Å². The standard InChI is InChI=1S/C12H9ClF3NOS/c1-6(18)9-10(13)17-11(19-9)7-2-4-8(5-3-7)12(14,15)16/h2-6,18H,1H3. The fourth-order valence-electron chi connectivity index (χ4n) is 1.50. The summed E-state index contributed by atoms with van der Waals surface area (Å²) in [7, 11) is 0. The first-order chi connectivity index (χ1) is 8.79. The second-order valence-corrected chi connectivity index (χ2v) is 5.31. The van der Waals surface area contributed by atoms with E-state index >= 15 is 0 Å². The number of hydrogen-bond acceptors (Lipinski definition) is 3. The molecule has 2 aromatic rings. The molecule has 19 heavy (non-hydrogen) atoms. The van der Waals surface area contributed by atoms with Gasteiger partial charge >= 0.3 is 6.18 Å². The number of halogens is 4. The molecule has 102 valence electrons. The zero-order valence-corrected chi connectivity index (χ0v) is 11.3. The maximum absolute atomic E-state index is 12.4. The molecule has 1 aromatic heterocycles. The molecule has 0 radical (unpaired) electrons. The van der Waals surface area contributed by atoms with Crippen molar-refractivity contribution >= 4 is 22.9 Å². The van der Waals surface area contributed by atoms with Gasteiger partial charge in [-0.15, -0.1) is 11.3 Å². The van der Waals surface area contributed by atoms with Crippen LogP contribution in [0, 0.1) is 0 Å². The summed E-state index contributed by atoms with van der Waals surface area (Å²) in [5, 5.41) is 10.1. The Morgan fingerprint density at radius 3 is 2.26 bits per heavy atom. The fourth-order valence-corrected chi connectivity index (χ4v) is 2.80. The zero-order valence-electron chi connectivity index (χ0n) is 9.70. The van der Waals surface area contributed by atoms with Crippen molar-refractivity contribution in [2.24, 2.45) is 0 Å². The summed E-state index contributed by atoms with van der Waals surface area (Å²) in [6, 6.07) is 4.66. The van der Waals surface area contributed by atoms with E-state index in [0.29, 0.717) is 15.4 Å². The van der Waals surface area contributed by atoms with Crippen molar-refractivity contribution in [2.75, 3.05) is 0 Å². The van der Waals surface area contributed by atoms with Gasteiger partial charge < -0.3 is 5.11 Å². The molecule has 2 rings (SSSR count). The minimum absolute atomic E-state index is 0.176. The lowest BCUT2D eigenvalue weighted by Crippen LogP contribution is -2.03. The van der Waals surface area contributed by atoms with Gasteiger partial charge in [-0.05, 0) is 19.1 Å². The summed E-state index contributed by atoms with van der Waals surface area (Å²) in [6.45, 7) is 1.55. The number of alkyl halides is 3. The van der Waals surface area contributed by atoms with Crippen LogP contribution in [0.25, 0.3) is 10.6 Å². The van der Waals surface area contributed by atoms with Crippen LogP contribution in [0.3, 0.4) is 0 Å². The number of thiazole rings is 1. The van der Waals surface area contributed by atoms with Crippen LogP contribution in [-0.4, -0.2) is 10.1 Å². The molecule has 0 saturated heterocycles. The van der Waals surface area contributed by atoms with Crippen molar-refractivity contribution in [3.8, 4) is 10.6 Å². The van der Waals surface area contributed by atoms with Gasteiger partial charge in [0.05, 0.1) is 16.5 Å². The molecule has 0 saturated carbocycles. The molecule has 1 heterocycles. The lowest BCUT2D eigenvalue weighted by Gasteiger charge is -2.06. The van der Waals surface area contributed by atoms with E-state index in [2.05, 4.69) is 4.98 Å². The molecule has 0 fully saturated rings. The Balaban J connectivity index is 2.35. The Labute approximate surface area is 116 Å². The predicted molar refractivity (Wildman–Crippen MR) is 68.2 cm³/mol. The number of aromatic nitrogens is 1. The lowest BCUT2D eigenvalue weighted by molar-refractivity contribution is -0.137. The summed E-state index contributed by atoms with van der Waals surface area (Å²) in [4.78, 5) is 4.53. The van der Waals surface area contributed by atoms with Crippen molar-refractivity contribution in [3.63, 3.8) is 0 Å². The molecule has 0 aliphatic heterocycles. The first-order valence-electron chi connectivity index (χ1n) is 5.31. The smallest absolute Gasteiger partial charge is 0.388 e. The Hall–Kier alpha value is -1.11. The molecule has 1 N–H and O–H groups in total. The summed E-state index contributed by atoms with van der Waals surface area (Å²) in [6.07, 6.45) is -5.11. The van der Waals surface area contributed by atoms with Crippen molar-refractivity contribution in [2.45, 2.75) is 19.2 Å². The molecule has 1 unspecified atom stereocenters. The van der Waals surface area contributed by atoms with Crippen molar-refractivity contribution in [3.05, 3.63) is 39.9 Å². The molecular weight excluding hydrogens is 299 g/mol. The third kappa shape index (κ3) is 3.08. The van der Waals surface area contributed by atoms with Gasteiger partial charge in [-0.2, -0.15) is 13.2 Å². The quantitative estimate of drug-likeness (QED) is 0.884. The van der Waals surface area contributed by atoms with Gasteiger partial charge in [0.2, 0.25) is 0 Å². The topological polar surface area (TPSA) is 33.1 Å². The number of nitrogens with zero attached hydrogens (tertiary/aromatic N) is 1. The molecule has 0 spiro atoms. The summed E-state index contributed by atoms with van der Waals surface area (Å²) in [5.41, 5.74) is -0.179. The van der Waals surface area contributed by atoms with Crippen LogP contribution in [0.5, 0.6) is 0 Å². The monoisotopic (exact) mass is 307 g/mol. The van der Waals surface area contributed by atoms with E-state index in [0.717, 1.165) is 23.5 Å². The normalized spacial score (nSPS) is 13.6. The maximum Gasteiger partial charge on any atom is 0.416 e. The Bertz CT molecular complexity index is 578. The molecule has 0 amide bonds. The lowest BCUT2D eigenvalue weighted by atomic mass is 10.1. The summed E-state index contributed by atoms with van der Waals surface area (Å²) >= 11 is 7.01. The maximum atomic E-state index is 12.4. The van der Waals surface area contributed by atoms with Gasteiger partial charge in [0.1, 0.15) is 10.2 Å². The van der Waals surface area contributed by atoms with E-state index in [1.54, 1.807) is 6.92 Å². The molecule has 7 heteroatoms. The van der Waals surface area contributed by atoms with Crippen LogP contribution in [-0.2, 0) is 6.18 Å². The molecule has 1 atom stereocenters. The molecule has 0 bridgehead atoms. The van der Waals surface area contributed by atoms with Gasteiger partial charge in [-0.25, -0.2) is 4.98 Å². The van der Waals surface area contributed by atoms with Gasteiger partial charge in [-0.3, -0.25) is 0 Å². The average molecular weight is 308 g/mol. The summed E-state index contributed by atoms with van der Waals surface area (Å²) in [5.74, 6) is 0. The molecule has 2 nitrogen and oxygen atoms in total. The average Bonchev–Trinajstić information content (AvgIpc) is 2.70. The van der Waals surface area contributed by atoms with Gasteiger partial charge in [0.25, 0.3) is 0 Å². The van der Waals surface area contributed by atoms with Crippen molar-refractivity contribution in [1.29, 1.82) is 0 Å². The van der Waals surface area contributed by atoms with E-state index in [9.17, 15) is 18.3 Å². The number of aliphatic hydroxyl groups excluding tert-OH is 1. The number of hydrogen-bond donors (Lipinski definition) is 1. The largest absolute Gasteiger partial charge is 0.416 e. The Kier molecular flexibility index (Phi) is 3.85. The third-order valence-corrected chi connectivity index (χ3v) is 4.12. The zero-order chi connectivity index (χ0) is 14.2. The van der Waals surface area contributed by atoms with Crippen LogP contribution >= 0.6 is 22.9 Å². The predicted octanol–water partition coefficient (Wildman–Crippen LogP) is 4.54. The SMILES string of the molecule is CC(O)c1sc(-c2ccc(C(F)(F)F)cc2)nc1Cl. The van der Waals surface area contributed by atoms with E-state index in [1.165, 1.54) is 12.1 Å². The Morgan fingerprint density at radius 1 is 1.26 bits per heavy atom. The fraction of sp³-hybridized carbons (Fsp3) is 0.250. The third-order valence-electron chi connectivity index (χ3n) is 2.45. The highest BCUT2D eigenvalue weighted by molar-refractivity contribution is 7.15. The minimum Gasteiger partial charge on any atom is -0.388 e. The number of aliphatic hydroxyl groups is 1. The second kappa shape index (κ2) is 5.11.